The molecule has 0 unspecified atom stereocenters. The molecule has 0 saturated heterocycles. The smallest absolute Gasteiger partial charge is 0.354 e. The summed E-state index contributed by atoms with van der Waals surface area (Å²) >= 11 is 0. The van der Waals surface area contributed by atoms with E-state index in [4.69, 9.17) is 5.11 Å². The first-order valence-electron chi connectivity index (χ1n) is 4.84. The largest absolute Gasteiger partial charge is 0.477 e. The van der Waals surface area contributed by atoms with Crippen molar-refractivity contribution in [3.05, 3.63) is 41.3 Å². The van der Waals surface area contributed by atoms with E-state index in [2.05, 4.69) is 10.1 Å². The molecule has 0 saturated carbocycles. The molecule has 1 N–H and O–H groups in total. The van der Waals surface area contributed by atoms with Crippen LogP contribution in [0, 0.1) is 6.92 Å². The van der Waals surface area contributed by atoms with Crippen molar-refractivity contribution in [2.24, 2.45) is 0 Å². The molecule has 17 heavy (non-hydrogen) atoms. The van der Waals surface area contributed by atoms with Gasteiger partial charge in [0.25, 0.3) is 0 Å². The van der Waals surface area contributed by atoms with Crippen molar-refractivity contribution in [1.82, 2.24) is 14.8 Å². The Morgan fingerprint density at radius 3 is 2.82 bits per heavy atom. The second kappa shape index (κ2) is 4.17. The van der Waals surface area contributed by atoms with Gasteiger partial charge in [0.1, 0.15) is 5.69 Å². The zero-order chi connectivity index (χ0) is 12.4. The van der Waals surface area contributed by atoms with Crippen molar-refractivity contribution < 1.29 is 14.7 Å². The van der Waals surface area contributed by atoms with E-state index in [0.717, 1.165) is 0 Å². The Kier molecular flexibility index (Phi) is 2.70. The van der Waals surface area contributed by atoms with Crippen LogP contribution in [-0.4, -0.2) is 32.1 Å². The lowest BCUT2D eigenvalue weighted by Gasteiger charge is -2.03. The number of aromatic carboxylic acids is 1. The lowest BCUT2D eigenvalue weighted by atomic mass is 10.3. The van der Waals surface area contributed by atoms with E-state index < -0.39 is 5.97 Å². The number of carboxylic acid groups (broad SMARTS) is 1. The Bertz CT molecular complexity index is 589. The van der Waals surface area contributed by atoms with Crippen LogP contribution in [0.1, 0.15) is 26.7 Å². The Hall–Kier alpha value is -2.50. The normalized spacial score (nSPS) is 10.2. The molecule has 0 aromatic carbocycles. The third-order valence-electron chi connectivity index (χ3n) is 2.20. The van der Waals surface area contributed by atoms with Gasteiger partial charge in [-0.25, -0.2) is 14.5 Å². The number of rotatable bonds is 3. The number of aldehydes is 1. The monoisotopic (exact) mass is 231 g/mol. The van der Waals surface area contributed by atoms with Gasteiger partial charge >= 0.3 is 5.97 Å². The minimum atomic E-state index is -1.10. The van der Waals surface area contributed by atoms with Gasteiger partial charge in [-0.1, -0.05) is 6.07 Å². The maximum absolute atomic E-state index is 10.8. The molecule has 6 nitrogen and oxygen atoms in total. The fraction of sp³-hybridized carbons (Fsp3) is 0.0909. The van der Waals surface area contributed by atoms with Crippen LogP contribution in [0.4, 0.5) is 0 Å². The maximum Gasteiger partial charge on any atom is 0.354 e. The summed E-state index contributed by atoms with van der Waals surface area (Å²) in [5.74, 6) is -0.734. The first kappa shape index (κ1) is 11.0. The van der Waals surface area contributed by atoms with Crippen LogP contribution in [0.25, 0.3) is 5.82 Å². The van der Waals surface area contributed by atoms with Gasteiger partial charge in [-0.15, -0.1) is 0 Å². The third kappa shape index (κ3) is 2.05. The molecule has 2 rings (SSSR count). The van der Waals surface area contributed by atoms with E-state index in [9.17, 15) is 9.59 Å². The van der Waals surface area contributed by atoms with Gasteiger partial charge < -0.3 is 5.11 Å². The van der Waals surface area contributed by atoms with Gasteiger partial charge in [0, 0.05) is 5.69 Å². The highest BCUT2D eigenvalue weighted by molar-refractivity contribution is 5.85. The summed E-state index contributed by atoms with van der Waals surface area (Å²) in [4.78, 5) is 25.3. The maximum atomic E-state index is 10.8. The number of hydrogen-bond acceptors (Lipinski definition) is 4. The molecule has 0 aliphatic heterocycles. The van der Waals surface area contributed by atoms with Crippen LogP contribution in [-0.2, 0) is 0 Å². The average Bonchev–Trinajstić information content (AvgIpc) is 2.71. The van der Waals surface area contributed by atoms with Crippen molar-refractivity contribution in [1.29, 1.82) is 0 Å². The van der Waals surface area contributed by atoms with Gasteiger partial charge in [-0.3, -0.25) is 4.79 Å². The second-order valence-electron chi connectivity index (χ2n) is 3.43. The molecular weight excluding hydrogens is 222 g/mol. The molecular formula is C11H9N3O3. The van der Waals surface area contributed by atoms with Gasteiger partial charge in [0.05, 0.1) is 0 Å². The zero-order valence-corrected chi connectivity index (χ0v) is 8.99. The van der Waals surface area contributed by atoms with Gasteiger partial charge in [-0.05, 0) is 25.1 Å². The predicted molar refractivity (Wildman–Crippen MR) is 58.4 cm³/mol. The zero-order valence-electron chi connectivity index (χ0n) is 8.99. The molecule has 0 atom stereocenters. The first-order chi connectivity index (χ1) is 8.11. The van der Waals surface area contributed by atoms with Gasteiger partial charge in [0.15, 0.2) is 17.8 Å². The Balaban J connectivity index is 2.52. The third-order valence-corrected chi connectivity index (χ3v) is 2.20. The number of carbonyl (C=O) groups excluding carboxylic acids is 1. The highest BCUT2D eigenvalue weighted by Gasteiger charge is 2.09. The number of nitrogens with zero attached hydrogens (tertiary/aromatic N) is 3. The number of aromatic nitrogens is 3. The molecule has 0 spiro atoms. The van der Waals surface area contributed by atoms with Crippen molar-refractivity contribution in [2.45, 2.75) is 6.92 Å². The predicted octanol–water partition coefficient (Wildman–Crippen LogP) is 1.09. The summed E-state index contributed by atoms with van der Waals surface area (Å²) in [6, 6.07) is 6.20. The molecule has 0 aliphatic carbocycles. The summed E-state index contributed by atoms with van der Waals surface area (Å²) in [5.41, 5.74) is 0.928. The molecule has 6 heteroatoms. The van der Waals surface area contributed by atoms with E-state index >= 15 is 0 Å². The van der Waals surface area contributed by atoms with Crippen LogP contribution in [0.15, 0.2) is 24.3 Å². The van der Waals surface area contributed by atoms with Crippen molar-refractivity contribution in [2.75, 3.05) is 0 Å². The van der Waals surface area contributed by atoms with E-state index in [-0.39, 0.29) is 11.4 Å². The van der Waals surface area contributed by atoms with Crippen LogP contribution in [0.5, 0.6) is 0 Å². The summed E-state index contributed by atoms with van der Waals surface area (Å²) in [6.45, 7) is 1.76. The van der Waals surface area contributed by atoms with E-state index in [1.165, 1.54) is 10.7 Å². The standard InChI is InChI=1S/C11H9N3O3/c1-7-5-8(6-15)13-14(7)10-4-2-3-9(12-10)11(16)17/h2-6H,1H3,(H,16,17). The highest BCUT2D eigenvalue weighted by Crippen LogP contribution is 2.09. The molecule has 2 aromatic heterocycles. The molecule has 0 bridgehead atoms. The molecule has 0 amide bonds. The first-order valence-corrected chi connectivity index (χ1v) is 4.84. The molecule has 0 aliphatic rings. The number of pyridine rings is 1. The van der Waals surface area contributed by atoms with E-state index in [0.29, 0.717) is 17.8 Å². The fourth-order valence-corrected chi connectivity index (χ4v) is 1.45. The van der Waals surface area contributed by atoms with Gasteiger partial charge in [-0.2, -0.15) is 5.10 Å². The minimum absolute atomic E-state index is 0.0648. The van der Waals surface area contributed by atoms with Crippen LogP contribution in [0.3, 0.4) is 0 Å². The lowest BCUT2D eigenvalue weighted by molar-refractivity contribution is 0.0690. The summed E-state index contributed by atoms with van der Waals surface area (Å²) in [5, 5.41) is 12.8. The molecule has 0 fully saturated rings. The van der Waals surface area contributed by atoms with E-state index in [1.807, 2.05) is 0 Å². The number of hydrogen-bond donors (Lipinski definition) is 1. The quantitative estimate of drug-likeness (QED) is 0.799. The average molecular weight is 231 g/mol. The van der Waals surface area contributed by atoms with Gasteiger partial charge in [0.2, 0.25) is 0 Å². The van der Waals surface area contributed by atoms with Crippen molar-refractivity contribution >= 4 is 12.3 Å². The Morgan fingerprint density at radius 2 is 2.24 bits per heavy atom. The summed E-state index contributed by atoms with van der Waals surface area (Å²) in [6.07, 6.45) is 0.630. The molecule has 0 radical (unpaired) electrons. The molecule has 86 valence electrons. The number of aryl methyl sites for hydroxylation is 1. The molecule has 2 heterocycles. The SMILES string of the molecule is Cc1cc(C=O)nn1-c1cccc(C(=O)O)n1. The van der Waals surface area contributed by atoms with Crippen LogP contribution < -0.4 is 0 Å². The Morgan fingerprint density at radius 1 is 1.47 bits per heavy atom. The van der Waals surface area contributed by atoms with Crippen LogP contribution >= 0.6 is 0 Å². The summed E-state index contributed by atoms with van der Waals surface area (Å²) in [7, 11) is 0. The lowest BCUT2D eigenvalue weighted by Crippen LogP contribution is -2.07. The number of carboxylic acids is 1. The van der Waals surface area contributed by atoms with Crippen molar-refractivity contribution in [3.63, 3.8) is 0 Å². The highest BCUT2D eigenvalue weighted by atomic mass is 16.4. The van der Waals surface area contributed by atoms with E-state index in [1.54, 1.807) is 25.1 Å². The molecule has 2 aromatic rings. The van der Waals surface area contributed by atoms with Crippen molar-refractivity contribution in [3.8, 4) is 5.82 Å². The topological polar surface area (TPSA) is 85.1 Å². The number of carbonyl (C=O) groups is 2. The minimum Gasteiger partial charge on any atom is -0.477 e. The fourth-order valence-electron chi connectivity index (χ4n) is 1.45. The Labute approximate surface area is 96.5 Å². The second-order valence-corrected chi connectivity index (χ2v) is 3.43. The van der Waals surface area contributed by atoms with Crippen LogP contribution in [0.2, 0.25) is 0 Å². The summed E-state index contributed by atoms with van der Waals surface area (Å²) < 4.78 is 1.43.